The Morgan fingerprint density at radius 3 is 2.71 bits per heavy atom. The molecular weight excluding hydrogens is 354 g/mol. The van der Waals surface area contributed by atoms with Gasteiger partial charge in [-0.15, -0.1) is 11.3 Å². The number of amides is 1. The van der Waals surface area contributed by atoms with Crippen LogP contribution in [0, 0.1) is 11.6 Å². The summed E-state index contributed by atoms with van der Waals surface area (Å²) in [6.45, 7) is 0. The zero-order valence-electron chi connectivity index (χ0n) is 11.8. The molecule has 0 aliphatic heterocycles. The van der Waals surface area contributed by atoms with Gasteiger partial charge in [-0.3, -0.25) is 15.6 Å². The molecular formula is C15H8F2N4OS2. The highest BCUT2D eigenvalue weighted by Gasteiger charge is 2.14. The van der Waals surface area contributed by atoms with E-state index in [0.29, 0.717) is 9.71 Å². The number of halogens is 2. The van der Waals surface area contributed by atoms with Crippen LogP contribution in [-0.4, -0.2) is 15.9 Å². The normalized spacial score (nSPS) is 11.1. The summed E-state index contributed by atoms with van der Waals surface area (Å²) < 4.78 is 28.1. The lowest BCUT2D eigenvalue weighted by Gasteiger charge is -2.02. The van der Waals surface area contributed by atoms with Crippen molar-refractivity contribution in [1.82, 2.24) is 15.4 Å². The molecule has 0 radical (unpaired) electrons. The smallest absolute Gasteiger partial charge is 0.273 e. The number of carbonyl (C=O) groups is 1. The number of rotatable bonds is 3. The van der Waals surface area contributed by atoms with Gasteiger partial charge in [-0.05, 0) is 18.2 Å². The van der Waals surface area contributed by atoms with E-state index >= 15 is 0 Å². The molecule has 0 saturated heterocycles. The average Bonchev–Trinajstić information content (AvgIpc) is 3.16. The minimum absolute atomic E-state index is 0.0538. The number of para-hydroxylation sites is 1. The molecule has 0 fully saturated rings. The average molecular weight is 362 g/mol. The van der Waals surface area contributed by atoms with E-state index in [1.807, 2.05) is 24.3 Å². The molecule has 0 aliphatic rings. The zero-order chi connectivity index (χ0) is 16.7. The Labute approximate surface area is 141 Å². The molecule has 120 valence electrons. The third-order valence-electron chi connectivity index (χ3n) is 3.18. The summed E-state index contributed by atoms with van der Waals surface area (Å²) in [5.41, 5.74) is 5.87. The van der Waals surface area contributed by atoms with E-state index in [1.54, 1.807) is 0 Å². The topological polar surface area (TPSA) is 66.9 Å². The van der Waals surface area contributed by atoms with Gasteiger partial charge in [-0.25, -0.2) is 18.7 Å². The van der Waals surface area contributed by atoms with Gasteiger partial charge in [0.05, 0.1) is 14.9 Å². The number of fused-ring (bicyclic) bond motifs is 2. The Morgan fingerprint density at radius 2 is 1.88 bits per heavy atom. The molecule has 0 unspecified atom stereocenters. The van der Waals surface area contributed by atoms with Gasteiger partial charge in [0.2, 0.25) is 5.13 Å². The fourth-order valence-corrected chi connectivity index (χ4v) is 3.86. The summed E-state index contributed by atoms with van der Waals surface area (Å²) in [6.07, 6.45) is 0. The van der Waals surface area contributed by atoms with Gasteiger partial charge < -0.3 is 0 Å². The quantitative estimate of drug-likeness (QED) is 0.542. The van der Waals surface area contributed by atoms with Gasteiger partial charge in [0.15, 0.2) is 10.8 Å². The lowest BCUT2D eigenvalue weighted by Crippen LogP contribution is -2.29. The standard InChI is InChI=1S/C15H8F2N4OS2/c16-7-5-8(17)12-11(6-7)24-15(19-12)21-20-13(22)14-18-9-3-1-2-4-10(9)23-14/h1-6H,(H,19,21)(H,20,22). The zero-order valence-corrected chi connectivity index (χ0v) is 13.5. The molecule has 0 spiro atoms. The maximum atomic E-state index is 13.6. The van der Waals surface area contributed by atoms with E-state index in [-0.39, 0.29) is 10.6 Å². The third-order valence-corrected chi connectivity index (χ3v) is 5.14. The first-order valence-electron chi connectivity index (χ1n) is 6.78. The highest BCUT2D eigenvalue weighted by Crippen LogP contribution is 2.28. The van der Waals surface area contributed by atoms with Gasteiger partial charge in [-0.1, -0.05) is 23.5 Å². The van der Waals surface area contributed by atoms with Crippen molar-refractivity contribution in [2.24, 2.45) is 0 Å². The fraction of sp³-hybridized carbons (Fsp3) is 0. The number of benzene rings is 2. The highest BCUT2D eigenvalue weighted by molar-refractivity contribution is 7.22. The van der Waals surface area contributed by atoms with Crippen molar-refractivity contribution in [3.05, 3.63) is 53.0 Å². The number of hydrogen-bond acceptors (Lipinski definition) is 6. The maximum absolute atomic E-state index is 13.6. The summed E-state index contributed by atoms with van der Waals surface area (Å²) in [5, 5.41) is 0.547. The van der Waals surface area contributed by atoms with Crippen molar-refractivity contribution in [1.29, 1.82) is 0 Å². The number of nitrogens with zero attached hydrogens (tertiary/aromatic N) is 2. The minimum atomic E-state index is -0.744. The van der Waals surface area contributed by atoms with Crippen LogP contribution in [0.25, 0.3) is 20.4 Å². The first-order valence-corrected chi connectivity index (χ1v) is 8.41. The largest absolute Gasteiger partial charge is 0.298 e. The monoisotopic (exact) mass is 362 g/mol. The predicted octanol–water partition coefficient (Wildman–Crippen LogP) is 3.94. The number of nitrogens with one attached hydrogen (secondary N) is 2. The van der Waals surface area contributed by atoms with Crippen LogP contribution in [-0.2, 0) is 0 Å². The Balaban J connectivity index is 1.53. The molecule has 0 atom stereocenters. The Hall–Kier alpha value is -2.65. The minimum Gasteiger partial charge on any atom is -0.273 e. The van der Waals surface area contributed by atoms with Gasteiger partial charge in [0, 0.05) is 6.07 Å². The van der Waals surface area contributed by atoms with Crippen molar-refractivity contribution in [3.63, 3.8) is 0 Å². The summed E-state index contributed by atoms with van der Waals surface area (Å²) in [7, 11) is 0. The number of hydrazine groups is 1. The Morgan fingerprint density at radius 1 is 1.04 bits per heavy atom. The van der Waals surface area contributed by atoms with E-state index in [2.05, 4.69) is 20.8 Å². The molecule has 2 aromatic carbocycles. The summed E-state index contributed by atoms with van der Waals surface area (Å²) >= 11 is 2.29. The van der Waals surface area contributed by atoms with Crippen molar-refractivity contribution in [3.8, 4) is 0 Å². The summed E-state index contributed by atoms with van der Waals surface area (Å²) in [6, 6.07) is 9.37. The molecule has 24 heavy (non-hydrogen) atoms. The molecule has 2 N–H and O–H groups in total. The van der Waals surface area contributed by atoms with Gasteiger partial charge >= 0.3 is 0 Å². The molecule has 0 bridgehead atoms. The third kappa shape index (κ3) is 2.68. The first kappa shape index (κ1) is 14.9. The van der Waals surface area contributed by atoms with Gasteiger partial charge in [0.1, 0.15) is 11.3 Å². The van der Waals surface area contributed by atoms with Crippen molar-refractivity contribution >= 4 is 54.1 Å². The maximum Gasteiger partial charge on any atom is 0.298 e. The molecule has 0 saturated carbocycles. The summed E-state index contributed by atoms with van der Waals surface area (Å²) in [4.78, 5) is 20.4. The number of thiazole rings is 2. The van der Waals surface area contributed by atoms with Crippen LogP contribution in [0.1, 0.15) is 9.80 Å². The van der Waals surface area contributed by atoms with Crippen LogP contribution in [0.5, 0.6) is 0 Å². The first-order chi connectivity index (χ1) is 11.6. The Bertz CT molecular complexity index is 1040. The van der Waals surface area contributed by atoms with E-state index in [4.69, 9.17) is 0 Å². The molecule has 0 aliphatic carbocycles. The number of aromatic nitrogens is 2. The van der Waals surface area contributed by atoms with Crippen LogP contribution in [0.15, 0.2) is 36.4 Å². The number of hydrogen-bond donors (Lipinski definition) is 2. The van der Waals surface area contributed by atoms with Gasteiger partial charge in [0.25, 0.3) is 5.91 Å². The second-order valence-corrected chi connectivity index (χ2v) is 6.88. The molecule has 4 rings (SSSR count). The van der Waals surface area contributed by atoms with Crippen LogP contribution in [0.3, 0.4) is 0 Å². The molecule has 5 nitrogen and oxygen atoms in total. The van der Waals surface area contributed by atoms with E-state index in [1.165, 1.54) is 17.4 Å². The number of anilines is 1. The lowest BCUT2D eigenvalue weighted by molar-refractivity contribution is 0.0962. The van der Waals surface area contributed by atoms with E-state index < -0.39 is 17.5 Å². The fourth-order valence-electron chi connectivity index (χ4n) is 2.14. The van der Waals surface area contributed by atoms with Gasteiger partial charge in [-0.2, -0.15) is 0 Å². The highest BCUT2D eigenvalue weighted by atomic mass is 32.1. The molecule has 9 heteroatoms. The molecule has 4 aromatic rings. The second kappa shape index (κ2) is 5.77. The lowest BCUT2D eigenvalue weighted by atomic mass is 10.3. The second-order valence-electron chi connectivity index (χ2n) is 4.82. The van der Waals surface area contributed by atoms with Crippen LogP contribution >= 0.6 is 22.7 Å². The van der Waals surface area contributed by atoms with Crippen molar-refractivity contribution in [2.75, 3.05) is 5.43 Å². The molecule has 2 aromatic heterocycles. The Kier molecular flexibility index (Phi) is 3.58. The number of carbonyl (C=O) groups excluding carboxylic acids is 1. The predicted molar refractivity (Wildman–Crippen MR) is 90.2 cm³/mol. The van der Waals surface area contributed by atoms with Crippen LogP contribution < -0.4 is 10.9 Å². The van der Waals surface area contributed by atoms with Crippen molar-refractivity contribution in [2.45, 2.75) is 0 Å². The molecule has 1 amide bonds. The molecule has 2 heterocycles. The van der Waals surface area contributed by atoms with E-state index in [9.17, 15) is 13.6 Å². The summed E-state index contributed by atoms with van der Waals surface area (Å²) in [5.74, 6) is -1.84. The van der Waals surface area contributed by atoms with Crippen LogP contribution in [0.4, 0.5) is 13.9 Å². The van der Waals surface area contributed by atoms with Crippen LogP contribution in [0.2, 0.25) is 0 Å². The van der Waals surface area contributed by atoms with E-state index in [0.717, 1.165) is 27.6 Å². The SMILES string of the molecule is O=C(NNc1nc2c(F)cc(F)cc2s1)c1nc2ccccc2s1. The van der Waals surface area contributed by atoms with Crippen molar-refractivity contribution < 1.29 is 13.6 Å².